The fourth-order valence-corrected chi connectivity index (χ4v) is 2.62. The highest BCUT2D eigenvalue weighted by molar-refractivity contribution is 7.89. The summed E-state index contributed by atoms with van der Waals surface area (Å²) in [5, 5.41) is 14.1. The van der Waals surface area contributed by atoms with E-state index in [1.165, 1.54) is 19.2 Å². The van der Waals surface area contributed by atoms with Crippen molar-refractivity contribution in [2.75, 3.05) is 18.9 Å². The van der Waals surface area contributed by atoms with Gasteiger partial charge in [0.25, 0.3) is 5.69 Å². The Morgan fingerprint density at radius 2 is 1.95 bits per heavy atom. The van der Waals surface area contributed by atoms with Crippen LogP contribution < -0.4 is 10.0 Å². The van der Waals surface area contributed by atoms with Gasteiger partial charge in [-0.2, -0.15) is 0 Å². The highest BCUT2D eigenvalue weighted by atomic mass is 32.2. The minimum absolute atomic E-state index is 0.117. The zero-order chi connectivity index (χ0) is 15.9. The Labute approximate surface area is 124 Å². The van der Waals surface area contributed by atoms with Crippen LogP contribution in [0.25, 0.3) is 0 Å². The van der Waals surface area contributed by atoms with Crippen molar-refractivity contribution in [3.63, 3.8) is 0 Å². The van der Waals surface area contributed by atoms with Gasteiger partial charge in [0, 0.05) is 12.6 Å². The molecule has 2 N–H and O–H groups in total. The molecule has 0 amide bonds. The highest BCUT2D eigenvalue weighted by Crippen LogP contribution is 2.27. The number of hydrogen-bond acceptors (Lipinski definition) is 5. The van der Waals surface area contributed by atoms with Crippen LogP contribution in [0.3, 0.4) is 0 Å². The summed E-state index contributed by atoms with van der Waals surface area (Å²) < 4.78 is 25.5. The van der Waals surface area contributed by atoms with Crippen LogP contribution in [0, 0.1) is 10.1 Å². The first-order valence-corrected chi connectivity index (χ1v) is 8.36. The number of sulfonamides is 1. The molecule has 1 rings (SSSR count). The number of nitro groups is 1. The van der Waals surface area contributed by atoms with Gasteiger partial charge in [0.05, 0.1) is 9.82 Å². The maximum absolute atomic E-state index is 11.7. The van der Waals surface area contributed by atoms with Crippen molar-refractivity contribution in [1.29, 1.82) is 0 Å². The van der Waals surface area contributed by atoms with Crippen molar-refractivity contribution >= 4 is 21.4 Å². The largest absolute Gasteiger partial charge is 0.379 e. The number of hydrogen-bond donors (Lipinski definition) is 2. The van der Waals surface area contributed by atoms with Crippen LogP contribution in [0.5, 0.6) is 0 Å². The lowest BCUT2D eigenvalue weighted by Crippen LogP contribution is -2.18. The van der Waals surface area contributed by atoms with E-state index in [2.05, 4.69) is 17.0 Å². The highest BCUT2D eigenvalue weighted by Gasteiger charge is 2.20. The zero-order valence-electron chi connectivity index (χ0n) is 12.3. The maximum Gasteiger partial charge on any atom is 0.293 e. The second kappa shape index (κ2) is 7.94. The van der Waals surface area contributed by atoms with Crippen LogP contribution in [0.15, 0.2) is 23.1 Å². The molecular formula is C13H21N3O4S. The summed E-state index contributed by atoms with van der Waals surface area (Å²) in [5.74, 6) is 0. The van der Waals surface area contributed by atoms with Crippen molar-refractivity contribution in [3.8, 4) is 0 Å². The lowest BCUT2D eigenvalue weighted by atomic mass is 10.2. The van der Waals surface area contributed by atoms with Crippen LogP contribution in [-0.2, 0) is 10.0 Å². The number of nitrogens with one attached hydrogen (secondary N) is 2. The second-order valence-corrected chi connectivity index (χ2v) is 6.52. The first-order valence-electron chi connectivity index (χ1n) is 6.88. The SMILES string of the molecule is CCCCCCNc1ccc(S(=O)(=O)NC)cc1[N+](=O)[O-]. The minimum atomic E-state index is -3.69. The summed E-state index contributed by atoms with van der Waals surface area (Å²) in [6.45, 7) is 2.73. The first-order chi connectivity index (χ1) is 9.92. The molecule has 0 fully saturated rings. The lowest BCUT2D eigenvalue weighted by molar-refractivity contribution is -0.384. The third-order valence-electron chi connectivity index (χ3n) is 3.09. The van der Waals surface area contributed by atoms with E-state index in [1.807, 2.05) is 0 Å². The smallest absolute Gasteiger partial charge is 0.293 e. The quantitative estimate of drug-likeness (QED) is 0.414. The molecule has 118 valence electrons. The molecule has 0 aliphatic rings. The lowest BCUT2D eigenvalue weighted by Gasteiger charge is -2.09. The maximum atomic E-state index is 11.7. The standard InChI is InChI=1S/C13H21N3O4S/c1-3-4-5-6-9-15-12-8-7-11(21(19,20)14-2)10-13(12)16(17)18/h7-8,10,14-15H,3-6,9H2,1-2H3. The van der Waals surface area contributed by atoms with E-state index >= 15 is 0 Å². The van der Waals surface area contributed by atoms with Crippen LogP contribution in [0.2, 0.25) is 0 Å². The summed E-state index contributed by atoms with van der Waals surface area (Å²) >= 11 is 0. The van der Waals surface area contributed by atoms with Gasteiger partial charge < -0.3 is 5.32 Å². The third kappa shape index (κ3) is 4.98. The molecule has 0 saturated carbocycles. The van der Waals surface area contributed by atoms with E-state index in [0.29, 0.717) is 12.2 Å². The number of nitro benzene ring substituents is 1. The molecule has 0 radical (unpaired) electrons. The van der Waals surface area contributed by atoms with E-state index in [1.54, 1.807) is 0 Å². The monoisotopic (exact) mass is 315 g/mol. The molecule has 0 aliphatic heterocycles. The van der Waals surface area contributed by atoms with Crippen LogP contribution >= 0.6 is 0 Å². The Bertz CT molecular complexity index is 587. The van der Waals surface area contributed by atoms with E-state index in [0.717, 1.165) is 31.7 Å². The van der Waals surface area contributed by atoms with Crippen molar-refractivity contribution in [2.24, 2.45) is 0 Å². The van der Waals surface area contributed by atoms with Gasteiger partial charge in [-0.05, 0) is 25.6 Å². The van der Waals surface area contributed by atoms with E-state index in [9.17, 15) is 18.5 Å². The summed E-state index contributed by atoms with van der Waals surface area (Å²) in [6.07, 6.45) is 4.23. The Kier molecular flexibility index (Phi) is 6.57. The molecule has 21 heavy (non-hydrogen) atoms. The van der Waals surface area contributed by atoms with Gasteiger partial charge in [-0.25, -0.2) is 13.1 Å². The number of rotatable bonds is 9. The van der Waals surface area contributed by atoms with Gasteiger partial charge >= 0.3 is 0 Å². The van der Waals surface area contributed by atoms with Gasteiger partial charge in [0.15, 0.2) is 0 Å². The zero-order valence-corrected chi connectivity index (χ0v) is 13.1. The Morgan fingerprint density at radius 1 is 1.24 bits per heavy atom. The van der Waals surface area contributed by atoms with E-state index in [4.69, 9.17) is 0 Å². The molecule has 0 atom stereocenters. The number of benzene rings is 1. The molecule has 0 saturated heterocycles. The predicted molar refractivity (Wildman–Crippen MR) is 82.0 cm³/mol. The van der Waals surface area contributed by atoms with Gasteiger partial charge in [-0.3, -0.25) is 10.1 Å². The summed E-state index contributed by atoms with van der Waals surface area (Å²) in [6, 6.07) is 3.86. The molecule has 0 spiro atoms. The number of nitrogens with zero attached hydrogens (tertiary/aromatic N) is 1. The normalized spacial score (nSPS) is 11.3. The Balaban J connectivity index is 2.88. The van der Waals surface area contributed by atoms with Crippen molar-refractivity contribution in [3.05, 3.63) is 28.3 Å². The molecule has 0 unspecified atom stereocenters. The van der Waals surface area contributed by atoms with Crippen molar-refractivity contribution in [2.45, 2.75) is 37.5 Å². The van der Waals surface area contributed by atoms with Gasteiger partial charge in [0.2, 0.25) is 10.0 Å². The topological polar surface area (TPSA) is 101 Å². The summed E-state index contributed by atoms with van der Waals surface area (Å²) in [5.41, 5.74) is 0.105. The molecule has 0 bridgehead atoms. The van der Waals surface area contributed by atoms with Gasteiger partial charge in [0.1, 0.15) is 5.69 Å². The average Bonchev–Trinajstić information content (AvgIpc) is 2.46. The second-order valence-electron chi connectivity index (χ2n) is 4.63. The van der Waals surface area contributed by atoms with Gasteiger partial charge in [-0.1, -0.05) is 26.2 Å². The van der Waals surface area contributed by atoms with E-state index < -0.39 is 14.9 Å². The molecule has 1 aromatic rings. The van der Waals surface area contributed by atoms with Crippen molar-refractivity contribution in [1.82, 2.24) is 4.72 Å². The first kappa shape index (κ1) is 17.4. The van der Waals surface area contributed by atoms with Gasteiger partial charge in [-0.15, -0.1) is 0 Å². The molecule has 8 heteroatoms. The summed E-state index contributed by atoms with van der Waals surface area (Å²) in [7, 11) is -2.42. The molecule has 0 heterocycles. The van der Waals surface area contributed by atoms with Crippen LogP contribution in [-0.4, -0.2) is 26.9 Å². The summed E-state index contributed by atoms with van der Waals surface area (Å²) in [4.78, 5) is 10.4. The molecule has 1 aromatic carbocycles. The van der Waals surface area contributed by atoms with Crippen LogP contribution in [0.4, 0.5) is 11.4 Å². The number of unbranched alkanes of at least 4 members (excludes halogenated alkanes) is 3. The van der Waals surface area contributed by atoms with Crippen molar-refractivity contribution < 1.29 is 13.3 Å². The molecular weight excluding hydrogens is 294 g/mol. The van der Waals surface area contributed by atoms with Crippen LogP contribution in [0.1, 0.15) is 32.6 Å². The molecule has 0 aliphatic carbocycles. The Hall–Kier alpha value is -1.67. The third-order valence-corrected chi connectivity index (χ3v) is 4.50. The predicted octanol–water partition coefficient (Wildman–Crippen LogP) is 2.50. The number of anilines is 1. The minimum Gasteiger partial charge on any atom is -0.379 e. The average molecular weight is 315 g/mol. The molecule has 0 aromatic heterocycles. The molecule has 7 nitrogen and oxygen atoms in total. The Morgan fingerprint density at radius 3 is 2.52 bits per heavy atom. The fourth-order valence-electron chi connectivity index (χ4n) is 1.87. The van der Waals surface area contributed by atoms with E-state index in [-0.39, 0.29) is 10.6 Å². The fraction of sp³-hybridized carbons (Fsp3) is 0.538.